The van der Waals surface area contributed by atoms with Crippen molar-refractivity contribution in [2.24, 2.45) is 0 Å². The van der Waals surface area contributed by atoms with Crippen LogP contribution in [0.1, 0.15) is 44.5 Å². The summed E-state index contributed by atoms with van der Waals surface area (Å²) in [7, 11) is -5.95. The number of benzene rings is 4. The highest BCUT2D eigenvalue weighted by molar-refractivity contribution is 6.85. The van der Waals surface area contributed by atoms with Crippen molar-refractivity contribution < 1.29 is 0 Å². The van der Waals surface area contributed by atoms with Gasteiger partial charge in [-0.05, 0) is 107 Å². The van der Waals surface area contributed by atoms with Crippen molar-refractivity contribution in [1.29, 1.82) is 0 Å². The van der Waals surface area contributed by atoms with Gasteiger partial charge in [-0.2, -0.15) is 0 Å². The number of allylic oxidation sites excluding steroid dienone is 4. The van der Waals surface area contributed by atoms with Crippen molar-refractivity contribution in [2.75, 3.05) is 0 Å². The average Bonchev–Trinajstić information content (AvgIpc) is 3.12. The Kier molecular flexibility index (Phi) is 14.7. The van der Waals surface area contributed by atoms with E-state index in [2.05, 4.69) is 221 Å². The van der Waals surface area contributed by atoms with Crippen LogP contribution in [-0.2, 0) is 0 Å². The Bertz CT molecular complexity index is 2290. The van der Waals surface area contributed by atoms with Crippen LogP contribution in [0.2, 0.25) is 78.6 Å². The van der Waals surface area contributed by atoms with Crippen LogP contribution in [0.25, 0.3) is 11.1 Å². The van der Waals surface area contributed by atoms with Gasteiger partial charge in [0.05, 0.1) is 0 Å². The quantitative estimate of drug-likeness (QED) is 0.110. The maximum absolute atomic E-state index is 3.49. The predicted molar refractivity (Wildman–Crippen MR) is 256 cm³/mol. The summed E-state index contributed by atoms with van der Waals surface area (Å²) >= 11 is 0. The van der Waals surface area contributed by atoms with E-state index in [0.29, 0.717) is 0 Å². The number of rotatable bonds is 3. The standard InChI is InChI=1S/C52H54Si4/c1-53(2,3)39-35-45-23-19-43(20-24-45)15-13-17-51(49-31-27-47(28-32-49)37-41-55(7,8)9)52(50-33-29-48(30-34-50)38-42-56(10,11)12)18-14-16-44-21-25-46(26-22-44)36-40-54(4,5)6/h17-34H,1-12H3/b51-17+,52-18+. The Balaban J connectivity index is 1.85. The van der Waals surface area contributed by atoms with Gasteiger partial charge in [-0.1, -0.05) is 150 Å². The Morgan fingerprint density at radius 3 is 0.714 bits per heavy atom. The molecule has 0 aliphatic rings. The fourth-order valence-corrected chi connectivity index (χ4v) is 6.87. The summed E-state index contributed by atoms with van der Waals surface area (Å²) in [6.07, 6.45) is 4.03. The Morgan fingerprint density at radius 2 is 0.500 bits per heavy atom. The van der Waals surface area contributed by atoms with Crippen LogP contribution in [0.3, 0.4) is 0 Å². The molecule has 0 aliphatic carbocycles. The van der Waals surface area contributed by atoms with E-state index in [1.54, 1.807) is 0 Å². The van der Waals surface area contributed by atoms with Crippen LogP contribution in [0.4, 0.5) is 0 Å². The highest BCUT2D eigenvalue weighted by Crippen LogP contribution is 2.32. The summed E-state index contributed by atoms with van der Waals surface area (Å²) in [5.41, 5.74) is 23.8. The molecule has 0 fully saturated rings. The lowest BCUT2D eigenvalue weighted by Crippen LogP contribution is -2.16. The summed E-state index contributed by atoms with van der Waals surface area (Å²) in [6.45, 7) is 27.1. The largest absolute Gasteiger partial charge is 0.129 e. The maximum atomic E-state index is 3.49. The van der Waals surface area contributed by atoms with Crippen molar-refractivity contribution in [3.8, 4) is 69.5 Å². The van der Waals surface area contributed by atoms with Gasteiger partial charge in [0.15, 0.2) is 0 Å². The molecular weight excluding hydrogens is 737 g/mol. The number of hydrogen-bond acceptors (Lipinski definition) is 0. The molecule has 0 saturated carbocycles. The normalized spacial score (nSPS) is 11.6. The van der Waals surface area contributed by atoms with E-state index >= 15 is 0 Å². The molecule has 278 valence electrons. The van der Waals surface area contributed by atoms with Crippen LogP contribution >= 0.6 is 0 Å². The molecule has 0 heterocycles. The third-order valence-electron chi connectivity index (χ3n) is 7.65. The van der Waals surface area contributed by atoms with E-state index < -0.39 is 32.3 Å². The predicted octanol–water partition coefficient (Wildman–Crippen LogP) is 12.2. The van der Waals surface area contributed by atoms with Gasteiger partial charge in [0.25, 0.3) is 0 Å². The van der Waals surface area contributed by atoms with Gasteiger partial charge in [-0.15, -0.1) is 22.2 Å². The average molecular weight is 791 g/mol. The van der Waals surface area contributed by atoms with Crippen LogP contribution in [0, 0.1) is 69.5 Å². The van der Waals surface area contributed by atoms with Crippen molar-refractivity contribution in [1.82, 2.24) is 0 Å². The fourth-order valence-electron chi connectivity index (χ4n) is 4.80. The molecule has 0 bridgehead atoms. The molecule has 0 atom stereocenters. The van der Waals surface area contributed by atoms with E-state index in [4.69, 9.17) is 0 Å². The van der Waals surface area contributed by atoms with Crippen LogP contribution < -0.4 is 0 Å². The number of hydrogen-bond donors (Lipinski definition) is 0. The van der Waals surface area contributed by atoms with Crippen LogP contribution in [-0.4, -0.2) is 32.3 Å². The monoisotopic (exact) mass is 790 g/mol. The molecule has 4 aromatic carbocycles. The zero-order valence-electron chi connectivity index (χ0n) is 35.4. The third-order valence-corrected chi connectivity index (χ3v) is 11.1. The molecule has 0 N–H and O–H groups in total. The Morgan fingerprint density at radius 1 is 0.304 bits per heavy atom. The molecule has 0 saturated heterocycles. The molecule has 4 heteroatoms. The lowest BCUT2D eigenvalue weighted by molar-refractivity contribution is 1.55. The third kappa shape index (κ3) is 16.1. The smallest absolute Gasteiger partial charge is 0.127 e. The van der Waals surface area contributed by atoms with Gasteiger partial charge < -0.3 is 0 Å². The van der Waals surface area contributed by atoms with Gasteiger partial charge >= 0.3 is 0 Å². The second kappa shape index (κ2) is 19.0. The van der Waals surface area contributed by atoms with Gasteiger partial charge in [-0.25, -0.2) is 0 Å². The second-order valence-corrected chi connectivity index (χ2v) is 37.0. The zero-order chi connectivity index (χ0) is 41.0. The van der Waals surface area contributed by atoms with E-state index in [9.17, 15) is 0 Å². The molecule has 0 amide bonds. The molecule has 0 radical (unpaired) electrons. The summed E-state index contributed by atoms with van der Waals surface area (Å²) in [4.78, 5) is 0. The van der Waals surface area contributed by atoms with E-state index in [-0.39, 0.29) is 0 Å². The van der Waals surface area contributed by atoms with Crippen LogP contribution in [0.15, 0.2) is 109 Å². The molecule has 56 heavy (non-hydrogen) atoms. The van der Waals surface area contributed by atoms with E-state index in [1.165, 1.54) is 0 Å². The van der Waals surface area contributed by atoms with E-state index in [1.807, 2.05) is 36.4 Å². The molecule has 0 nitrogen and oxygen atoms in total. The lowest BCUT2D eigenvalue weighted by atomic mass is 9.90. The highest BCUT2D eigenvalue weighted by atomic mass is 28.3. The minimum Gasteiger partial charge on any atom is -0.127 e. The minimum absolute atomic E-state index is 0.935. The molecule has 0 unspecified atom stereocenters. The molecular formula is C52H54Si4. The fraction of sp³-hybridized carbons (Fsp3) is 0.231. The SMILES string of the molecule is C[Si](C)(C)C#Cc1ccc(C#C/C=C(/C(=C/C#Cc2ccc(C#C[Si](C)(C)C)cc2)c2ccc(C#C[Si](C)(C)C)cc2)c2ccc(C#C[Si](C)(C)C)cc2)cc1. The highest BCUT2D eigenvalue weighted by Gasteiger charge is 2.13. The molecule has 0 spiro atoms. The van der Waals surface area contributed by atoms with Crippen molar-refractivity contribution in [3.63, 3.8) is 0 Å². The maximum Gasteiger partial charge on any atom is 0.129 e. The summed E-state index contributed by atoms with van der Waals surface area (Å²) < 4.78 is 0. The van der Waals surface area contributed by atoms with Crippen molar-refractivity contribution >= 4 is 43.4 Å². The van der Waals surface area contributed by atoms with Crippen LogP contribution in [0.5, 0.6) is 0 Å². The summed E-state index contributed by atoms with van der Waals surface area (Å²) in [5.74, 6) is 27.0. The first kappa shape index (κ1) is 43.3. The van der Waals surface area contributed by atoms with Gasteiger partial charge in [0.1, 0.15) is 32.3 Å². The first-order chi connectivity index (χ1) is 26.2. The molecule has 4 aromatic rings. The topological polar surface area (TPSA) is 0 Å². The van der Waals surface area contributed by atoms with E-state index in [0.717, 1.165) is 55.7 Å². The van der Waals surface area contributed by atoms with Gasteiger partial charge in [0, 0.05) is 33.4 Å². The molecule has 0 aliphatic heterocycles. The second-order valence-electron chi connectivity index (χ2n) is 18.0. The molecule has 4 rings (SSSR count). The summed E-state index contributed by atoms with van der Waals surface area (Å²) in [5, 5.41) is 0. The summed E-state index contributed by atoms with van der Waals surface area (Å²) in [6, 6.07) is 33.4. The lowest BCUT2D eigenvalue weighted by Gasteiger charge is -2.13. The zero-order valence-corrected chi connectivity index (χ0v) is 39.4. The molecule has 0 aromatic heterocycles. The Hall–Kier alpha value is -5.41. The van der Waals surface area contributed by atoms with Gasteiger partial charge in [-0.3, -0.25) is 0 Å². The Labute approximate surface area is 343 Å². The van der Waals surface area contributed by atoms with Crippen molar-refractivity contribution in [2.45, 2.75) is 78.6 Å². The first-order valence-corrected chi connectivity index (χ1v) is 33.2. The minimum atomic E-state index is -1.52. The van der Waals surface area contributed by atoms with Crippen molar-refractivity contribution in [3.05, 3.63) is 154 Å². The first-order valence-electron chi connectivity index (χ1n) is 19.2. The van der Waals surface area contributed by atoms with Gasteiger partial charge in [0.2, 0.25) is 0 Å².